The van der Waals surface area contributed by atoms with Gasteiger partial charge in [0.1, 0.15) is 0 Å². The Morgan fingerprint density at radius 3 is 2.58 bits per heavy atom. The second kappa shape index (κ2) is 7.30. The van der Waals surface area contributed by atoms with Crippen molar-refractivity contribution in [1.82, 2.24) is 4.90 Å². The highest BCUT2D eigenvalue weighted by atomic mass is 32.2. The standard InChI is InChI=1S/C21H24N2OS.BH3/c1-22-17-4-2-3-5-20(17)25-21-12-15(6-7-18(21)22)14-24-19-13-23-10-8-16(19)9-11-23;/h2-7,12,16,19H,8-11,13-14H2,1H3;1H3. The molecule has 3 saturated heterocycles. The van der Waals surface area contributed by atoms with E-state index >= 15 is 0 Å². The number of hydrogen-bond donors (Lipinski definition) is 0. The molecule has 6 rings (SSSR count). The van der Waals surface area contributed by atoms with Crippen molar-refractivity contribution in [3.8, 4) is 0 Å². The lowest BCUT2D eigenvalue weighted by molar-refractivity contribution is -0.0766. The molecule has 0 N–H and O–H groups in total. The van der Waals surface area contributed by atoms with Crippen LogP contribution in [0.2, 0.25) is 0 Å². The second-order valence-corrected chi connectivity index (χ2v) is 8.50. The molecule has 3 nitrogen and oxygen atoms in total. The molecular formula is C21H27BN2OS. The number of ether oxygens (including phenoxy) is 1. The Morgan fingerprint density at radius 1 is 1.04 bits per heavy atom. The molecule has 1 atom stereocenters. The van der Waals surface area contributed by atoms with Crippen LogP contribution < -0.4 is 4.90 Å². The molecule has 2 aromatic carbocycles. The van der Waals surface area contributed by atoms with Crippen molar-refractivity contribution in [1.29, 1.82) is 0 Å². The van der Waals surface area contributed by atoms with E-state index in [0.717, 1.165) is 19.1 Å². The zero-order chi connectivity index (χ0) is 16.8. The maximum absolute atomic E-state index is 6.33. The number of benzene rings is 2. The molecule has 2 aromatic rings. The van der Waals surface area contributed by atoms with E-state index in [2.05, 4.69) is 59.3 Å². The normalized spacial score (nSPS) is 26.0. The van der Waals surface area contributed by atoms with Crippen molar-refractivity contribution in [2.24, 2.45) is 5.92 Å². The molecule has 2 bridgehead atoms. The van der Waals surface area contributed by atoms with Crippen molar-refractivity contribution in [3.63, 3.8) is 0 Å². The van der Waals surface area contributed by atoms with Gasteiger partial charge in [0.05, 0.1) is 32.5 Å². The molecule has 4 heterocycles. The minimum Gasteiger partial charge on any atom is -0.372 e. The molecule has 4 aliphatic rings. The average molecular weight is 366 g/mol. The number of anilines is 2. The summed E-state index contributed by atoms with van der Waals surface area (Å²) in [4.78, 5) is 7.50. The van der Waals surface area contributed by atoms with Crippen molar-refractivity contribution in [3.05, 3.63) is 48.0 Å². The molecule has 5 heteroatoms. The van der Waals surface area contributed by atoms with E-state index in [1.54, 1.807) is 0 Å². The van der Waals surface area contributed by atoms with E-state index in [4.69, 9.17) is 4.74 Å². The van der Waals surface area contributed by atoms with Crippen LogP contribution in [0.25, 0.3) is 0 Å². The summed E-state index contributed by atoms with van der Waals surface area (Å²) in [5, 5.41) is 0. The molecule has 1 unspecified atom stereocenters. The van der Waals surface area contributed by atoms with Crippen LogP contribution in [-0.2, 0) is 11.3 Å². The topological polar surface area (TPSA) is 15.7 Å². The fourth-order valence-corrected chi connectivity index (χ4v) is 5.59. The molecule has 0 spiro atoms. The summed E-state index contributed by atoms with van der Waals surface area (Å²) in [5.74, 6) is 0.773. The zero-order valence-corrected chi connectivity index (χ0v) is 15.5. The summed E-state index contributed by atoms with van der Waals surface area (Å²) < 4.78 is 6.33. The molecule has 0 radical (unpaired) electrons. The highest BCUT2D eigenvalue weighted by Crippen LogP contribution is 2.47. The lowest BCUT2D eigenvalue weighted by Gasteiger charge is -2.44. The Kier molecular flexibility index (Phi) is 5.04. The fourth-order valence-electron chi connectivity index (χ4n) is 4.38. The van der Waals surface area contributed by atoms with Gasteiger partial charge in [0.25, 0.3) is 0 Å². The number of para-hydroxylation sites is 1. The summed E-state index contributed by atoms with van der Waals surface area (Å²) in [6, 6.07) is 15.4. The quantitative estimate of drug-likeness (QED) is 0.774. The first kappa shape index (κ1) is 18.0. The largest absolute Gasteiger partial charge is 0.372 e. The third-order valence-corrected chi connectivity index (χ3v) is 7.00. The van der Waals surface area contributed by atoms with Crippen LogP contribution in [0.15, 0.2) is 52.3 Å². The maximum atomic E-state index is 6.33. The van der Waals surface area contributed by atoms with E-state index in [9.17, 15) is 0 Å². The Hall–Kier alpha value is -1.43. The summed E-state index contributed by atoms with van der Waals surface area (Å²) in [6.07, 6.45) is 3.05. The van der Waals surface area contributed by atoms with Crippen molar-refractivity contribution in [2.75, 3.05) is 31.6 Å². The molecule has 26 heavy (non-hydrogen) atoms. The van der Waals surface area contributed by atoms with Gasteiger partial charge in [-0.15, -0.1) is 0 Å². The lowest BCUT2D eigenvalue weighted by atomic mass is 9.86. The van der Waals surface area contributed by atoms with Gasteiger partial charge in [-0.1, -0.05) is 30.0 Å². The monoisotopic (exact) mass is 366 g/mol. The van der Waals surface area contributed by atoms with E-state index < -0.39 is 0 Å². The Bertz CT molecular complexity index is 791. The first-order valence-electron chi connectivity index (χ1n) is 9.25. The minimum atomic E-state index is 0. The molecular weight excluding hydrogens is 339 g/mol. The lowest BCUT2D eigenvalue weighted by Crippen LogP contribution is -2.51. The smallest absolute Gasteiger partial charge is 0.0814 e. The number of rotatable bonds is 3. The van der Waals surface area contributed by atoms with Gasteiger partial charge in [-0.3, -0.25) is 0 Å². The highest BCUT2D eigenvalue weighted by molar-refractivity contribution is 7.99. The summed E-state index contributed by atoms with van der Waals surface area (Å²) in [5.41, 5.74) is 3.86. The van der Waals surface area contributed by atoms with Gasteiger partial charge in [0, 0.05) is 23.4 Å². The van der Waals surface area contributed by atoms with Gasteiger partial charge < -0.3 is 14.5 Å². The van der Waals surface area contributed by atoms with Crippen LogP contribution in [0, 0.1) is 5.92 Å². The zero-order valence-electron chi connectivity index (χ0n) is 14.6. The predicted molar refractivity (Wildman–Crippen MR) is 113 cm³/mol. The van der Waals surface area contributed by atoms with Crippen LogP contribution in [0.5, 0.6) is 0 Å². The number of fused-ring (bicyclic) bond motifs is 5. The van der Waals surface area contributed by atoms with Crippen LogP contribution in [-0.4, -0.2) is 46.1 Å². The van der Waals surface area contributed by atoms with Crippen molar-refractivity contribution in [2.45, 2.75) is 35.3 Å². The van der Waals surface area contributed by atoms with E-state index in [1.165, 1.54) is 52.7 Å². The molecule has 136 valence electrons. The fraction of sp³-hybridized carbons (Fsp3) is 0.429. The van der Waals surface area contributed by atoms with Gasteiger partial charge >= 0.3 is 0 Å². The number of hydrogen-bond acceptors (Lipinski definition) is 4. The van der Waals surface area contributed by atoms with Gasteiger partial charge in [0.15, 0.2) is 0 Å². The first-order valence-corrected chi connectivity index (χ1v) is 10.1. The first-order chi connectivity index (χ1) is 12.3. The summed E-state index contributed by atoms with van der Waals surface area (Å²) >= 11 is 1.87. The second-order valence-electron chi connectivity index (χ2n) is 7.42. The van der Waals surface area contributed by atoms with Gasteiger partial charge in [-0.25, -0.2) is 0 Å². The summed E-state index contributed by atoms with van der Waals surface area (Å²) in [6.45, 7) is 4.40. The predicted octanol–water partition coefficient (Wildman–Crippen LogP) is 3.35. The Balaban J connectivity index is 0.00000168. The summed E-state index contributed by atoms with van der Waals surface area (Å²) in [7, 11) is 2.15. The van der Waals surface area contributed by atoms with Gasteiger partial charge in [-0.05, 0) is 61.7 Å². The highest BCUT2D eigenvalue weighted by Gasteiger charge is 2.34. The van der Waals surface area contributed by atoms with Crippen molar-refractivity contribution < 1.29 is 4.74 Å². The molecule has 0 aliphatic carbocycles. The molecule has 0 saturated carbocycles. The molecule has 0 aromatic heterocycles. The van der Waals surface area contributed by atoms with Crippen LogP contribution in [0.1, 0.15) is 18.4 Å². The minimum absolute atomic E-state index is 0. The number of nitrogens with zero attached hydrogens (tertiary/aromatic N) is 2. The third kappa shape index (κ3) is 3.17. The maximum Gasteiger partial charge on any atom is 0.0814 e. The van der Waals surface area contributed by atoms with E-state index in [0.29, 0.717) is 6.10 Å². The van der Waals surface area contributed by atoms with E-state index in [-0.39, 0.29) is 8.41 Å². The Labute approximate surface area is 162 Å². The van der Waals surface area contributed by atoms with E-state index in [1.807, 2.05) is 11.8 Å². The number of piperidine rings is 3. The van der Waals surface area contributed by atoms with Crippen LogP contribution in [0.3, 0.4) is 0 Å². The molecule has 3 fully saturated rings. The SMILES string of the molecule is B.CN1c2ccccc2Sc2cc(COC3CN4CCC3CC4)ccc21. The Morgan fingerprint density at radius 2 is 1.81 bits per heavy atom. The third-order valence-electron chi connectivity index (χ3n) is 5.89. The molecule has 4 aliphatic heterocycles. The van der Waals surface area contributed by atoms with Gasteiger partial charge in [-0.2, -0.15) is 0 Å². The van der Waals surface area contributed by atoms with Crippen LogP contribution >= 0.6 is 11.8 Å². The molecule has 0 amide bonds. The van der Waals surface area contributed by atoms with Crippen molar-refractivity contribution >= 4 is 31.5 Å². The van der Waals surface area contributed by atoms with Crippen LogP contribution in [0.4, 0.5) is 11.4 Å². The van der Waals surface area contributed by atoms with Gasteiger partial charge in [0.2, 0.25) is 0 Å². The average Bonchev–Trinajstić information content (AvgIpc) is 2.67.